The molecule has 2 aromatic rings. The molecule has 2 aliphatic rings. The van der Waals surface area contributed by atoms with Crippen LogP contribution in [0.2, 0.25) is 0 Å². The maximum atomic E-state index is 12.3. The average molecular weight is 407 g/mol. The molecule has 1 heterocycles. The molecule has 156 valence electrons. The van der Waals surface area contributed by atoms with Crippen LogP contribution in [0.25, 0.3) is 0 Å². The Balaban J connectivity index is 1.33. The Morgan fingerprint density at radius 2 is 1.83 bits per heavy atom. The summed E-state index contributed by atoms with van der Waals surface area (Å²) in [6.07, 6.45) is 3.03. The summed E-state index contributed by atoms with van der Waals surface area (Å²) in [5.74, 6) is -1.55. The number of hydrogen-bond donors (Lipinski definition) is 3. The maximum Gasteiger partial charge on any atom is 0.313 e. The van der Waals surface area contributed by atoms with Crippen molar-refractivity contribution < 1.29 is 19.5 Å². The number of hydrogen-bond acceptors (Lipinski definition) is 4. The molecule has 7 nitrogen and oxygen atoms in total. The van der Waals surface area contributed by atoms with Crippen LogP contribution in [0.3, 0.4) is 0 Å². The molecule has 4 rings (SSSR count). The molecule has 0 saturated carbocycles. The van der Waals surface area contributed by atoms with Gasteiger partial charge in [-0.05, 0) is 48.6 Å². The third-order valence-electron chi connectivity index (χ3n) is 5.77. The minimum atomic E-state index is -1.07. The first-order valence-corrected chi connectivity index (χ1v) is 10.2. The van der Waals surface area contributed by atoms with E-state index in [-0.39, 0.29) is 12.5 Å². The lowest BCUT2D eigenvalue weighted by Gasteiger charge is -2.33. The van der Waals surface area contributed by atoms with E-state index in [1.165, 1.54) is 5.56 Å². The zero-order chi connectivity index (χ0) is 21.1. The molecule has 0 bridgehead atoms. The normalized spacial score (nSPS) is 20.6. The van der Waals surface area contributed by atoms with Crippen molar-refractivity contribution in [3.05, 3.63) is 59.7 Å². The third kappa shape index (κ3) is 4.36. The summed E-state index contributed by atoms with van der Waals surface area (Å²) in [5, 5.41) is 16.0. The summed E-state index contributed by atoms with van der Waals surface area (Å²) < 4.78 is 0. The fourth-order valence-corrected chi connectivity index (χ4v) is 4.12. The van der Waals surface area contributed by atoms with Crippen LogP contribution in [0.1, 0.15) is 30.4 Å². The Hall–Kier alpha value is -3.19. The minimum Gasteiger partial charge on any atom is -0.388 e. The van der Waals surface area contributed by atoms with E-state index in [2.05, 4.69) is 10.6 Å². The second-order valence-electron chi connectivity index (χ2n) is 8.01. The highest BCUT2D eigenvalue weighted by Crippen LogP contribution is 2.28. The van der Waals surface area contributed by atoms with Gasteiger partial charge in [-0.3, -0.25) is 14.4 Å². The van der Waals surface area contributed by atoms with Gasteiger partial charge >= 0.3 is 11.8 Å². The standard InChI is InChI=1S/C23H25N3O4/c27-20-9-4-12-26(20)19-8-3-7-18(13-19)25-22(29)21(28)24-15-23(30)11-10-16-5-1-2-6-17(16)14-23/h1-3,5-8,13,30H,4,9-12,14-15H2,(H,24,28)(H,25,29). The molecule has 1 aliphatic carbocycles. The van der Waals surface area contributed by atoms with Gasteiger partial charge in [0.2, 0.25) is 5.91 Å². The summed E-state index contributed by atoms with van der Waals surface area (Å²) in [5.41, 5.74) is 2.35. The number of anilines is 2. The summed E-state index contributed by atoms with van der Waals surface area (Å²) in [4.78, 5) is 38.2. The van der Waals surface area contributed by atoms with Gasteiger partial charge < -0.3 is 20.6 Å². The van der Waals surface area contributed by atoms with Crippen LogP contribution in [-0.2, 0) is 27.2 Å². The molecule has 0 radical (unpaired) electrons. The number of rotatable bonds is 4. The maximum absolute atomic E-state index is 12.3. The third-order valence-corrected chi connectivity index (χ3v) is 5.77. The number of aliphatic hydroxyl groups is 1. The molecule has 0 spiro atoms. The van der Waals surface area contributed by atoms with Crippen LogP contribution in [-0.4, -0.2) is 41.5 Å². The van der Waals surface area contributed by atoms with E-state index in [9.17, 15) is 19.5 Å². The zero-order valence-electron chi connectivity index (χ0n) is 16.7. The monoisotopic (exact) mass is 407 g/mol. The number of aryl methyl sites for hydroxylation is 1. The molecule has 1 fully saturated rings. The summed E-state index contributed by atoms with van der Waals surface area (Å²) >= 11 is 0. The Labute approximate surface area is 175 Å². The number of carbonyl (C=O) groups is 3. The van der Waals surface area contributed by atoms with Crippen molar-refractivity contribution in [2.24, 2.45) is 0 Å². The molecular weight excluding hydrogens is 382 g/mol. The van der Waals surface area contributed by atoms with E-state index < -0.39 is 17.4 Å². The predicted molar refractivity (Wildman–Crippen MR) is 113 cm³/mol. The number of benzene rings is 2. The van der Waals surface area contributed by atoms with Gasteiger partial charge in [0.05, 0.1) is 5.60 Å². The van der Waals surface area contributed by atoms with Gasteiger partial charge in [0.15, 0.2) is 0 Å². The van der Waals surface area contributed by atoms with Gasteiger partial charge in [-0.1, -0.05) is 30.3 Å². The molecule has 30 heavy (non-hydrogen) atoms. The quantitative estimate of drug-likeness (QED) is 0.673. The Morgan fingerprint density at radius 3 is 2.60 bits per heavy atom. The molecule has 1 aliphatic heterocycles. The van der Waals surface area contributed by atoms with Crippen molar-refractivity contribution in [3.63, 3.8) is 0 Å². The number of amides is 3. The Bertz CT molecular complexity index is 990. The highest BCUT2D eigenvalue weighted by molar-refractivity contribution is 6.39. The smallest absolute Gasteiger partial charge is 0.313 e. The van der Waals surface area contributed by atoms with Crippen molar-refractivity contribution in [3.8, 4) is 0 Å². The first-order chi connectivity index (χ1) is 14.4. The summed E-state index contributed by atoms with van der Waals surface area (Å²) in [7, 11) is 0. The van der Waals surface area contributed by atoms with Crippen LogP contribution in [0.15, 0.2) is 48.5 Å². The second-order valence-corrected chi connectivity index (χ2v) is 8.01. The van der Waals surface area contributed by atoms with Crippen LogP contribution in [0.5, 0.6) is 0 Å². The molecular formula is C23H25N3O4. The highest BCUT2D eigenvalue weighted by Gasteiger charge is 2.33. The lowest BCUT2D eigenvalue weighted by atomic mass is 9.80. The van der Waals surface area contributed by atoms with Crippen molar-refractivity contribution in [2.45, 2.75) is 37.7 Å². The van der Waals surface area contributed by atoms with Crippen molar-refractivity contribution in [2.75, 3.05) is 23.3 Å². The molecule has 1 unspecified atom stereocenters. The van der Waals surface area contributed by atoms with Crippen LogP contribution >= 0.6 is 0 Å². The Morgan fingerprint density at radius 1 is 1.03 bits per heavy atom. The molecule has 3 N–H and O–H groups in total. The van der Waals surface area contributed by atoms with E-state index in [1.54, 1.807) is 29.2 Å². The molecule has 2 aromatic carbocycles. The summed E-state index contributed by atoms with van der Waals surface area (Å²) in [6.45, 7) is 0.661. The SMILES string of the molecule is O=C(NCC1(O)CCc2ccccc2C1)C(=O)Nc1cccc(N2CCCC2=O)c1. The molecule has 1 saturated heterocycles. The summed E-state index contributed by atoms with van der Waals surface area (Å²) in [6, 6.07) is 14.8. The van der Waals surface area contributed by atoms with Crippen molar-refractivity contribution in [1.82, 2.24) is 5.32 Å². The highest BCUT2D eigenvalue weighted by atomic mass is 16.3. The van der Waals surface area contributed by atoms with Crippen molar-refractivity contribution in [1.29, 1.82) is 0 Å². The minimum absolute atomic E-state index is 0.00983. The van der Waals surface area contributed by atoms with E-state index in [0.717, 1.165) is 18.4 Å². The molecule has 1 atom stereocenters. The lowest BCUT2D eigenvalue weighted by Crippen LogP contribution is -2.49. The lowest BCUT2D eigenvalue weighted by molar-refractivity contribution is -0.136. The first kappa shape index (κ1) is 20.1. The van der Waals surface area contributed by atoms with E-state index >= 15 is 0 Å². The van der Waals surface area contributed by atoms with Gasteiger partial charge in [-0.25, -0.2) is 0 Å². The topological polar surface area (TPSA) is 98.7 Å². The average Bonchev–Trinajstić information content (AvgIpc) is 3.18. The van der Waals surface area contributed by atoms with E-state index in [0.29, 0.717) is 37.2 Å². The molecule has 0 aromatic heterocycles. The zero-order valence-corrected chi connectivity index (χ0v) is 16.7. The molecule has 7 heteroatoms. The van der Waals surface area contributed by atoms with Crippen LogP contribution in [0, 0.1) is 0 Å². The Kier molecular flexibility index (Phi) is 5.55. The van der Waals surface area contributed by atoms with E-state index in [4.69, 9.17) is 0 Å². The number of carbonyl (C=O) groups excluding carboxylic acids is 3. The van der Waals surface area contributed by atoms with E-state index in [1.807, 2.05) is 24.3 Å². The predicted octanol–water partition coefficient (Wildman–Crippen LogP) is 1.79. The number of nitrogens with zero attached hydrogens (tertiary/aromatic N) is 1. The van der Waals surface area contributed by atoms with Gasteiger partial charge in [0, 0.05) is 37.3 Å². The fraction of sp³-hybridized carbons (Fsp3) is 0.348. The van der Waals surface area contributed by atoms with Gasteiger partial charge in [-0.15, -0.1) is 0 Å². The largest absolute Gasteiger partial charge is 0.388 e. The number of fused-ring (bicyclic) bond motifs is 1. The van der Waals surface area contributed by atoms with Gasteiger partial charge in [0.1, 0.15) is 0 Å². The van der Waals surface area contributed by atoms with Crippen molar-refractivity contribution >= 4 is 29.1 Å². The van der Waals surface area contributed by atoms with Crippen LogP contribution in [0.4, 0.5) is 11.4 Å². The second kappa shape index (κ2) is 8.28. The van der Waals surface area contributed by atoms with Gasteiger partial charge in [-0.2, -0.15) is 0 Å². The van der Waals surface area contributed by atoms with Gasteiger partial charge in [0.25, 0.3) is 0 Å². The molecule has 3 amide bonds. The number of nitrogens with one attached hydrogen (secondary N) is 2. The fourth-order valence-electron chi connectivity index (χ4n) is 4.12. The first-order valence-electron chi connectivity index (χ1n) is 10.2. The van der Waals surface area contributed by atoms with Crippen LogP contribution < -0.4 is 15.5 Å².